The van der Waals surface area contributed by atoms with Gasteiger partial charge in [-0.25, -0.2) is 4.79 Å². The predicted molar refractivity (Wildman–Crippen MR) is 69.6 cm³/mol. The molecule has 2 atom stereocenters. The Morgan fingerprint density at radius 3 is 2.44 bits per heavy atom. The number of carbonyl (C=O) groups excluding carboxylic acids is 2. The smallest absolute Gasteiger partial charge is 0.321 e. The van der Waals surface area contributed by atoms with E-state index in [1.807, 2.05) is 0 Å². The number of rotatable bonds is 2. The number of halogens is 1. The highest BCUT2D eigenvalue weighted by molar-refractivity contribution is 6.28. The average Bonchev–Trinajstić information content (AvgIpc) is 2.30. The van der Waals surface area contributed by atoms with Crippen LogP contribution in [0.5, 0.6) is 0 Å². The summed E-state index contributed by atoms with van der Waals surface area (Å²) in [7, 11) is 2.17. The molecule has 2 unspecified atom stereocenters. The number of hydrogen-bond acceptors (Lipinski definition) is 3. The van der Waals surface area contributed by atoms with Gasteiger partial charge in [-0.1, -0.05) is 6.42 Å². The molecule has 0 saturated carbocycles. The van der Waals surface area contributed by atoms with Crippen molar-refractivity contribution in [3.05, 3.63) is 0 Å². The minimum Gasteiger partial charge on any atom is -0.335 e. The molecule has 2 fully saturated rings. The van der Waals surface area contributed by atoms with Crippen LogP contribution in [0.2, 0.25) is 0 Å². The number of fused-ring (bicyclic) bond motifs is 2. The molecule has 0 spiro atoms. The standard InChI is InChI=1S/C12H20ClN3O2/c1-16-9-3-2-4-10(16)6-8(5-9)14-12(18)15-11(17)7-13/h8-10H,2-7H2,1H3,(H2,14,15,17,18). The summed E-state index contributed by atoms with van der Waals surface area (Å²) in [4.78, 5) is 25.0. The first-order valence-corrected chi connectivity index (χ1v) is 7.02. The van der Waals surface area contributed by atoms with Crippen LogP contribution >= 0.6 is 11.6 Å². The summed E-state index contributed by atoms with van der Waals surface area (Å²) in [6, 6.07) is 0.867. The molecular formula is C12H20ClN3O2. The van der Waals surface area contributed by atoms with Crippen LogP contribution in [0.25, 0.3) is 0 Å². The van der Waals surface area contributed by atoms with Gasteiger partial charge in [-0.2, -0.15) is 0 Å². The van der Waals surface area contributed by atoms with Gasteiger partial charge in [0, 0.05) is 18.1 Å². The topological polar surface area (TPSA) is 61.4 Å². The van der Waals surface area contributed by atoms with Gasteiger partial charge in [0.25, 0.3) is 0 Å². The maximum atomic E-state index is 11.6. The summed E-state index contributed by atoms with van der Waals surface area (Å²) < 4.78 is 0. The van der Waals surface area contributed by atoms with E-state index in [1.54, 1.807) is 0 Å². The van der Waals surface area contributed by atoms with Crippen LogP contribution in [0.15, 0.2) is 0 Å². The highest BCUT2D eigenvalue weighted by Crippen LogP contribution is 2.32. The van der Waals surface area contributed by atoms with E-state index in [4.69, 9.17) is 11.6 Å². The number of nitrogens with one attached hydrogen (secondary N) is 2. The lowest BCUT2D eigenvalue weighted by Gasteiger charge is -2.47. The quantitative estimate of drug-likeness (QED) is 0.740. The van der Waals surface area contributed by atoms with Crippen LogP contribution in [0.3, 0.4) is 0 Å². The van der Waals surface area contributed by atoms with E-state index in [1.165, 1.54) is 19.3 Å². The van der Waals surface area contributed by atoms with E-state index in [2.05, 4.69) is 22.6 Å². The molecule has 0 aromatic carbocycles. The van der Waals surface area contributed by atoms with Gasteiger partial charge in [0.15, 0.2) is 0 Å². The summed E-state index contributed by atoms with van der Waals surface area (Å²) >= 11 is 5.34. The second kappa shape index (κ2) is 5.89. The third-order valence-corrected chi connectivity index (χ3v) is 4.29. The van der Waals surface area contributed by atoms with E-state index in [0.29, 0.717) is 12.1 Å². The Kier molecular flexibility index (Phi) is 4.45. The Balaban J connectivity index is 1.84. The van der Waals surface area contributed by atoms with E-state index in [-0.39, 0.29) is 11.9 Å². The molecule has 2 aliphatic rings. The first-order valence-electron chi connectivity index (χ1n) is 6.48. The molecule has 3 amide bonds. The van der Waals surface area contributed by atoms with Crippen LogP contribution in [0, 0.1) is 0 Å². The fourth-order valence-electron chi connectivity index (χ4n) is 3.12. The monoisotopic (exact) mass is 273 g/mol. The highest BCUT2D eigenvalue weighted by atomic mass is 35.5. The Hall–Kier alpha value is -0.810. The highest BCUT2D eigenvalue weighted by Gasteiger charge is 2.36. The van der Waals surface area contributed by atoms with Crippen molar-refractivity contribution in [2.24, 2.45) is 0 Å². The molecule has 2 bridgehead atoms. The first kappa shape index (κ1) is 13.6. The molecule has 2 heterocycles. The Labute approximate surface area is 112 Å². The first-order chi connectivity index (χ1) is 8.60. The predicted octanol–water partition coefficient (Wildman–Crippen LogP) is 1.07. The van der Waals surface area contributed by atoms with Gasteiger partial charge in [-0.05, 0) is 32.7 Å². The lowest BCUT2D eigenvalue weighted by atomic mass is 9.82. The Morgan fingerprint density at radius 1 is 1.28 bits per heavy atom. The van der Waals surface area contributed by atoms with Crippen LogP contribution in [0.1, 0.15) is 32.1 Å². The van der Waals surface area contributed by atoms with E-state index in [0.717, 1.165) is 12.8 Å². The number of nitrogens with zero attached hydrogens (tertiary/aromatic N) is 1. The molecule has 2 aliphatic heterocycles. The van der Waals surface area contributed by atoms with Gasteiger partial charge in [-0.3, -0.25) is 10.1 Å². The average molecular weight is 274 g/mol. The van der Waals surface area contributed by atoms with Gasteiger partial charge < -0.3 is 10.2 Å². The third-order valence-electron chi connectivity index (χ3n) is 4.05. The molecule has 5 nitrogen and oxygen atoms in total. The largest absolute Gasteiger partial charge is 0.335 e. The summed E-state index contributed by atoms with van der Waals surface area (Å²) in [5.41, 5.74) is 0. The summed E-state index contributed by atoms with van der Waals surface area (Å²) in [5.74, 6) is -0.645. The van der Waals surface area contributed by atoms with Crippen molar-refractivity contribution in [2.75, 3.05) is 12.9 Å². The molecule has 0 radical (unpaired) electrons. The zero-order valence-corrected chi connectivity index (χ0v) is 11.4. The van der Waals surface area contributed by atoms with Gasteiger partial charge in [-0.15, -0.1) is 11.6 Å². The van der Waals surface area contributed by atoms with E-state index < -0.39 is 11.9 Å². The van der Waals surface area contributed by atoms with Crippen molar-refractivity contribution >= 4 is 23.5 Å². The van der Waals surface area contributed by atoms with Crippen molar-refractivity contribution < 1.29 is 9.59 Å². The number of piperidine rings is 2. The summed E-state index contributed by atoms with van der Waals surface area (Å²) in [5, 5.41) is 5.10. The molecule has 0 aromatic rings. The number of urea groups is 1. The number of alkyl halides is 1. The summed E-state index contributed by atoms with van der Waals surface area (Å²) in [6.07, 6.45) is 5.62. The van der Waals surface area contributed by atoms with Crippen molar-refractivity contribution in [3.8, 4) is 0 Å². The lowest BCUT2D eigenvalue weighted by molar-refractivity contribution is -0.117. The second-order valence-corrected chi connectivity index (χ2v) is 5.49. The lowest BCUT2D eigenvalue weighted by Crippen LogP contribution is -2.56. The number of imide groups is 1. The van der Waals surface area contributed by atoms with Gasteiger partial charge in [0.1, 0.15) is 5.88 Å². The molecule has 0 aliphatic carbocycles. The minimum atomic E-state index is -0.456. The molecule has 2 rings (SSSR count). The van der Waals surface area contributed by atoms with Crippen LogP contribution in [0.4, 0.5) is 4.79 Å². The Morgan fingerprint density at radius 2 is 1.89 bits per heavy atom. The normalized spacial score (nSPS) is 31.8. The fraction of sp³-hybridized carbons (Fsp3) is 0.833. The fourth-order valence-corrected chi connectivity index (χ4v) is 3.18. The van der Waals surface area contributed by atoms with Gasteiger partial charge in [0.05, 0.1) is 0 Å². The molecule has 102 valence electrons. The van der Waals surface area contributed by atoms with Crippen molar-refractivity contribution in [3.63, 3.8) is 0 Å². The minimum absolute atomic E-state index is 0.166. The molecular weight excluding hydrogens is 254 g/mol. The number of hydrogen-bond donors (Lipinski definition) is 2. The zero-order valence-electron chi connectivity index (χ0n) is 10.6. The van der Waals surface area contributed by atoms with Gasteiger partial charge in [0.2, 0.25) is 5.91 Å². The van der Waals surface area contributed by atoms with E-state index >= 15 is 0 Å². The molecule has 2 N–H and O–H groups in total. The van der Waals surface area contributed by atoms with Crippen molar-refractivity contribution in [1.82, 2.24) is 15.5 Å². The SMILES string of the molecule is CN1C2CCCC1CC(NC(=O)NC(=O)CCl)C2. The molecule has 6 heteroatoms. The molecule has 0 aromatic heterocycles. The molecule has 2 saturated heterocycles. The molecule has 18 heavy (non-hydrogen) atoms. The number of carbonyl (C=O) groups is 2. The maximum Gasteiger partial charge on any atom is 0.321 e. The zero-order chi connectivity index (χ0) is 13.1. The second-order valence-electron chi connectivity index (χ2n) is 5.23. The van der Waals surface area contributed by atoms with Crippen LogP contribution < -0.4 is 10.6 Å². The van der Waals surface area contributed by atoms with Gasteiger partial charge >= 0.3 is 6.03 Å². The third kappa shape index (κ3) is 3.14. The van der Waals surface area contributed by atoms with Crippen LogP contribution in [-0.4, -0.2) is 47.9 Å². The Bertz CT molecular complexity index is 323. The van der Waals surface area contributed by atoms with Crippen molar-refractivity contribution in [1.29, 1.82) is 0 Å². The van der Waals surface area contributed by atoms with Crippen LogP contribution in [-0.2, 0) is 4.79 Å². The number of amides is 3. The van der Waals surface area contributed by atoms with E-state index in [9.17, 15) is 9.59 Å². The van der Waals surface area contributed by atoms with Crippen molar-refractivity contribution in [2.45, 2.75) is 50.2 Å². The summed E-state index contributed by atoms with van der Waals surface area (Å²) in [6.45, 7) is 0. The maximum absolute atomic E-state index is 11.6.